The van der Waals surface area contributed by atoms with Crippen LogP contribution < -0.4 is 10.2 Å². The van der Waals surface area contributed by atoms with Gasteiger partial charge in [-0.05, 0) is 54.6 Å². The zero-order chi connectivity index (χ0) is 21.4. The van der Waals surface area contributed by atoms with E-state index < -0.39 is 17.8 Å². The number of furan rings is 1. The third kappa shape index (κ3) is 3.60. The highest BCUT2D eigenvalue weighted by molar-refractivity contribution is 6.46. The highest BCUT2D eigenvalue weighted by atomic mass is 35.5. The fourth-order valence-electron chi connectivity index (χ4n) is 2.88. The summed E-state index contributed by atoms with van der Waals surface area (Å²) in [6, 6.07) is 12.3. The van der Waals surface area contributed by atoms with Gasteiger partial charge < -0.3 is 4.42 Å². The number of nitrogens with one attached hydrogen (secondary N) is 1. The monoisotopic (exact) mass is 444 g/mol. The van der Waals surface area contributed by atoms with E-state index in [2.05, 4.69) is 5.32 Å². The number of hydrogen-bond acceptors (Lipinski definition) is 4. The Bertz CT molecular complexity index is 1220. The van der Waals surface area contributed by atoms with Crippen molar-refractivity contribution in [2.45, 2.75) is 0 Å². The first-order valence-electron chi connectivity index (χ1n) is 8.56. The van der Waals surface area contributed by atoms with Crippen molar-refractivity contribution in [2.75, 3.05) is 4.90 Å². The van der Waals surface area contributed by atoms with E-state index >= 15 is 0 Å². The first-order valence-corrected chi connectivity index (χ1v) is 9.32. The Morgan fingerprint density at radius 2 is 1.70 bits per heavy atom. The molecule has 3 aromatic rings. The molecular formula is C21H11Cl2FN2O4. The van der Waals surface area contributed by atoms with Crippen LogP contribution in [0.15, 0.2) is 64.6 Å². The lowest BCUT2D eigenvalue weighted by Gasteiger charge is -2.27. The number of imide groups is 2. The molecule has 150 valence electrons. The first kappa shape index (κ1) is 19.9. The van der Waals surface area contributed by atoms with Crippen molar-refractivity contribution in [2.24, 2.45) is 0 Å². The largest absolute Gasteiger partial charge is 0.457 e. The molecule has 2 aromatic carbocycles. The zero-order valence-corrected chi connectivity index (χ0v) is 16.5. The number of halogens is 3. The summed E-state index contributed by atoms with van der Waals surface area (Å²) in [6.07, 6.45) is 1.21. The number of anilines is 1. The minimum Gasteiger partial charge on any atom is -0.457 e. The van der Waals surface area contributed by atoms with Gasteiger partial charge in [0, 0.05) is 5.56 Å². The maximum absolute atomic E-state index is 13.1. The average Bonchev–Trinajstić information content (AvgIpc) is 3.17. The molecule has 1 N–H and O–H groups in total. The van der Waals surface area contributed by atoms with Gasteiger partial charge >= 0.3 is 6.03 Å². The van der Waals surface area contributed by atoms with Crippen LogP contribution in [0.1, 0.15) is 5.76 Å². The number of urea groups is 1. The summed E-state index contributed by atoms with van der Waals surface area (Å²) in [7, 11) is 0. The Morgan fingerprint density at radius 3 is 2.43 bits per heavy atom. The van der Waals surface area contributed by atoms with Crippen LogP contribution in [-0.2, 0) is 9.59 Å². The number of rotatable bonds is 3. The fourth-order valence-corrected chi connectivity index (χ4v) is 3.26. The summed E-state index contributed by atoms with van der Waals surface area (Å²) in [5.41, 5.74) is 0.324. The van der Waals surface area contributed by atoms with Gasteiger partial charge in [0.1, 0.15) is 22.9 Å². The normalized spacial score (nSPS) is 15.6. The van der Waals surface area contributed by atoms with E-state index in [0.717, 1.165) is 4.90 Å². The van der Waals surface area contributed by atoms with Gasteiger partial charge in [0.05, 0.1) is 15.7 Å². The number of carbonyl (C=O) groups excluding carboxylic acids is 3. The maximum Gasteiger partial charge on any atom is 0.336 e. The second-order valence-corrected chi connectivity index (χ2v) is 7.02. The van der Waals surface area contributed by atoms with Gasteiger partial charge in [0.15, 0.2) is 0 Å². The molecule has 4 rings (SSSR count). The molecule has 1 saturated heterocycles. The maximum atomic E-state index is 13.1. The Kier molecular flexibility index (Phi) is 5.15. The van der Waals surface area contributed by atoms with E-state index in [1.54, 1.807) is 12.1 Å². The summed E-state index contributed by atoms with van der Waals surface area (Å²) >= 11 is 12.1. The lowest BCUT2D eigenvalue weighted by molar-refractivity contribution is -0.122. The summed E-state index contributed by atoms with van der Waals surface area (Å²) in [6.45, 7) is 0. The predicted octanol–water partition coefficient (Wildman–Crippen LogP) is 5.06. The Hall–Kier alpha value is -3.42. The average molecular weight is 445 g/mol. The summed E-state index contributed by atoms with van der Waals surface area (Å²) in [5, 5.41) is 2.23. The van der Waals surface area contributed by atoms with Crippen LogP contribution in [0.5, 0.6) is 0 Å². The van der Waals surface area contributed by atoms with Crippen molar-refractivity contribution in [3.8, 4) is 11.3 Å². The molecule has 0 radical (unpaired) electrons. The Morgan fingerprint density at radius 1 is 0.967 bits per heavy atom. The molecule has 0 atom stereocenters. The quantitative estimate of drug-likeness (QED) is 0.452. The molecule has 0 aliphatic carbocycles. The molecule has 1 aromatic heterocycles. The summed E-state index contributed by atoms with van der Waals surface area (Å²) < 4.78 is 18.7. The molecule has 0 spiro atoms. The number of hydrogen-bond donors (Lipinski definition) is 1. The van der Waals surface area contributed by atoms with Crippen molar-refractivity contribution in [1.29, 1.82) is 0 Å². The molecule has 1 aliphatic rings. The van der Waals surface area contributed by atoms with Crippen molar-refractivity contribution < 1.29 is 23.2 Å². The van der Waals surface area contributed by atoms with Gasteiger partial charge in [-0.25, -0.2) is 14.1 Å². The highest BCUT2D eigenvalue weighted by Crippen LogP contribution is 2.34. The van der Waals surface area contributed by atoms with Crippen LogP contribution in [0.3, 0.4) is 0 Å². The van der Waals surface area contributed by atoms with Gasteiger partial charge in [-0.2, -0.15) is 0 Å². The molecule has 30 heavy (non-hydrogen) atoms. The number of barbiturate groups is 1. The third-order valence-corrected chi connectivity index (χ3v) is 5.12. The number of benzene rings is 2. The van der Waals surface area contributed by atoms with Gasteiger partial charge in [-0.3, -0.25) is 14.9 Å². The predicted molar refractivity (Wildman–Crippen MR) is 110 cm³/mol. The first-order chi connectivity index (χ1) is 14.3. The van der Waals surface area contributed by atoms with E-state index in [4.69, 9.17) is 27.6 Å². The smallest absolute Gasteiger partial charge is 0.336 e. The van der Waals surface area contributed by atoms with E-state index in [1.807, 2.05) is 0 Å². The van der Waals surface area contributed by atoms with E-state index in [-0.39, 0.29) is 32.9 Å². The van der Waals surface area contributed by atoms with Crippen LogP contribution >= 0.6 is 23.2 Å². The summed E-state index contributed by atoms with van der Waals surface area (Å²) in [5.74, 6) is -1.54. The molecular weight excluding hydrogens is 434 g/mol. The Labute approximate surface area is 179 Å². The number of carbonyl (C=O) groups is 3. The standard InChI is InChI=1S/C21H11Cl2FN2O4/c22-15-2-1-3-16(18(15)23)26-20(28)14(19(27)25-21(26)29)10-13-8-9-17(30-13)11-4-6-12(24)7-5-11/h1-10H,(H,25,27,29)/b14-10+. The van der Waals surface area contributed by atoms with Crippen molar-refractivity contribution in [1.82, 2.24) is 5.32 Å². The third-order valence-electron chi connectivity index (χ3n) is 4.32. The lowest BCUT2D eigenvalue weighted by Crippen LogP contribution is -2.54. The van der Waals surface area contributed by atoms with Crippen LogP contribution in [0.2, 0.25) is 10.0 Å². The van der Waals surface area contributed by atoms with E-state index in [1.165, 1.54) is 48.5 Å². The van der Waals surface area contributed by atoms with Gasteiger partial charge in [0.2, 0.25) is 0 Å². The van der Waals surface area contributed by atoms with Gasteiger partial charge in [0.25, 0.3) is 11.8 Å². The van der Waals surface area contributed by atoms with Crippen LogP contribution in [0.25, 0.3) is 17.4 Å². The molecule has 0 bridgehead atoms. The molecule has 0 unspecified atom stereocenters. The topological polar surface area (TPSA) is 79.6 Å². The van der Waals surface area contributed by atoms with Crippen molar-refractivity contribution >= 4 is 52.8 Å². The highest BCUT2D eigenvalue weighted by Gasteiger charge is 2.38. The van der Waals surface area contributed by atoms with E-state index in [9.17, 15) is 18.8 Å². The number of amides is 4. The lowest BCUT2D eigenvalue weighted by atomic mass is 10.1. The van der Waals surface area contributed by atoms with Crippen LogP contribution in [0.4, 0.5) is 14.9 Å². The second kappa shape index (κ2) is 7.78. The minimum atomic E-state index is -0.947. The van der Waals surface area contributed by atoms with E-state index in [0.29, 0.717) is 11.3 Å². The van der Waals surface area contributed by atoms with Gasteiger partial charge in [-0.15, -0.1) is 0 Å². The Balaban J connectivity index is 1.70. The zero-order valence-electron chi connectivity index (χ0n) is 15.0. The van der Waals surface area contributed by atoms with Crippen LogP contribution in [-0.4, -0.2) is 17.8 Å². The van der Waals surface area contributed by atoms with Crippen LogP contribution in [0, 0.1) is 5.82 Å². The molecule has 4 amide bonds. The molecule has 2 heterocycles. The number of nitrogens with zero attached hydrogens (tertiary/aromatic N) is 1. The fraction of sp³-hybridized carbons (Fsp3) is 0. The molecule has 1 aliphatic heterocycles. The summed E-state index contributed by atoms with van der Waals surface area (Å²) in [4.78, 5) is 38.2. The van der Waals surface area contributed by atoms with Crippen molar-refractivity contribution in [3.63, 3.8) is 0 Å². The molecule has 0 saturated carbocycles. The SMILES string of the molecule is O=C1NC(=O)N(c2cccc(Cl)c2Cl)C(=O)/C1=C/c1ccc(-c2ccc(F)cc2)o1. The van der Waals surface area contributed by atoms with Gasteiger partial charge in [-0.1, -0.05) is 29.3 Å². The van der Waals surface area contributed by atoms with Crippen molar-refractivity contribution in [3.05, 3.63) is 81.8 Å². The molecule has 1 fully saturated rings. The second-order valence-electron chi connectivity index (χ2n) is 6.24. The minimum absolute atomic E-state index is 0.00652. The molecule has 6 nitrogen and oxygen atoms in total. The molecule has 9 heteroatoms.